The molecule has 1 aromatic heterocycles. The van der Waals surface area contributed by atoms with Crippen molar-refractivity contribution in [1.82, 2.24) is 4.98 Å². The number of hydrogen-bond donors (Lipinski definition) is 2. The second-order valence-corrected chi connectivity index (χ2v) is 4.32. The van der Waals surface area contributed by atoms with Gasteiger partial charge in [0.1, 0.15) is 6.61 Å². The van der Waals surface area contributed by atoms with Crippen LogP contribution in [0, 0.1) is 24.6 Å². The molecule has 0 spiro atoms. The average Bonchev–Trinajstić information content (AvgIpc) is 2.47. The predicted molar refractivity (Wildman–Crippen MR) is 77.3 cm³/mol. The fourth-order valence-electron chi connectivity index (χ4n) is 1.75. The predicted octanol–water partition coefficient (Wildman–Crippen LogP) is 2.13. The molecule has 0 atom stereocenters. The molecule has 2 N–H and O–H groups in total. The van der Waals surface area contributed by atoms with Gasteiger partial charge in [-0.25, -0.2) is 4.39 Å². The standard InChI is InChI=1S/C16H13FN2O2/c1-11-4-5-12(3-2-8-20)15(9-11)19-16(21)13-6-7-18-10-14(13)17/h4-7,9-10,20H,8H2,1H3,(H,19,21). The summed E-state index contributed by atoms with van der Waals surface area (Å²) in [7, 11) is 0. The monoisotopic (exact) mass is 284 g/mol. The number of aromatic nitrogens is 1. The van der Waals surface area contributed by atoms with Crippen LogP contribution in [0.5, 0.6) is 0 Å². The highest BCUT2D eigenvalue weighted by Crippen LogP contribution is 2.18. The fraction of sp³-hybridized carbons (Fsp3) is 0.125. The van der Waals surface area contributed by atoms with Gasteiger partial charge in [-0.2, -0.15) is 0 Å². The largest absolute Gasteiger partial charge is 0.384 e. The van der Waals surface area contributed by atoms with Crippen LogP contribution in [0.1, 0.15) is 21.5 Å². The minimum atomic E-state index is -0.689. The van der Waals surface area contributed by atoms with E-state index in [0.717, 1.165) is 11.8 Å². The number of aliphatic hydroxyl groups excluding tert-OH is 1. The Labute approximate surface area is 121 Å². The summed E-state index contributed by atoms with van der Waals surface area (Å²) in [4.78, 5) is 15.7. The van der Waals surface area contributed by atoms with E-state index in [0.29, 0.717) is 11.3 Å². The van der Waals surface area contributed by atoms with E-state index in [4.69, 9.17) is 5.11 Å². The van der Waals surface area contributed by atoms with Crippen molar-refractivity contribution in [2.24, 2.45) is 0 Å². The number of halogens is 1. The molecule has 1 heterocycles. The molecule has 106 valence electrons. The number of carbonyl (C=O) groups excluding carboxylic acids is 1. The first-order valence-electron chi connectivity index (χ1n) is 6.23. The van der Waals surface area contributed by atoms with Gasteiger partial charge in [0.15, 0.2) is 5.82 Å². The number of amides is 1. The van der Waals surface area contributed by atoms with E-state index >= 15 is 0 Å². The third kappa shape index (κ3) is 3.65. The smallest absolute Gasteiger partial charge is 0.258 e. The van der Waals surface area contributed by atoms with Crippen LogP contribution < -0.4 is 5.32 Å². The van der Waals surface area contributed by atoms with E-state index in [9.17, 15) is 9.18 Å². The number of rotatable bonds is 2. The molecule has 0 saturated heterocycles. The second-order valence-electron chi connectivity index (χ2n) is 4.32. The van der Waals surface area contributed by atoms with E-state index in [-0.39, 0.29) is 12.2 Å². The molecule has 1 amide bonds. The first kappa shape index (κ1) is 14.7. The van der Waals surface area contributed by atoms with Crippen LogP contribution in [0.3, 0.4) is 0 Å². The molecule has 2 aromatic rings. The van der Waals surface area contributed by atoms with Crippen LogP contribution in [0.4, 0.5) is 10.1 Å². The lowest BCUT2D eigenvalue weighted by Gasteiger charge is -2.09. The van der Waals surface area contributed by atoms with Crippen LogP contribution in [-0.4, -0.2) is 22.6 Å². The molecular formula is C16H13FN2O2. The first-order valence-corrected chi connectivity index (χ1v) is 6.23. The van der Waals surface area contributed by atoms with Crippen molar-refractivity contribution < 1.29 is 14.3 Å². The van der Waals surface area contributed by atoms with Crippen molar-refractivity contribution in [3.63, 3.8) is 0 Å². The van der Waals surface area contributed by atoms with E-state index in [1.54, 1.807) is 12.1 Å². The van der Waals surface area contributed by atoms with Crippen LogP contribution in [0.2, 0.25) is 0 Å². The zero-order valence-corrected chi connectivity index (χ0v) is 11.4. The quantitative estimate of drug-likeness (QED) is 0.830. The topological polar surface area (TPSA) is 62.2 Å². The molecule has 4 nitrogen and oxygen atoms in total. The number of aliphatic hydroxyl groups is 1. The Hall–Kier alpha value is -2.71. The van der Waals surface area contributed by atoms with Gasteiger partial charge in [0.05, 0.1) is 17.4 Å². The molecule has 0 aliphatic carbocycles. The fourth-order valence-corrected chi connectivity index (χ4v) is 1.75. The third-order valence-corrected chi connectivity index (χ3v) is 2.74. The zero-order valence-electron chi connectivity index (χ0n) is 11.4. The normalized spacial score (nSPS) is 9.67. The van der Waals surface area contributed by atoms with Gasteiger partial charge in [0.2, 0.25) is 0 Å². The van der Waals surface area contributed by atoms with Crippen molar-refractivity contribution in [2.75, 3.05) is 11.9 Å². The van der Waals surface area contributed by atoms with Crippen LogP contribution in [0.15, 0.2) is 36.7 Å². The SMILES string of the molecule is Cc1ccc(C#CCO)c(NC(=O)c2ccncc2F)c1. The Morgan fingerprint density at radius 2 is 2.24 bits per heavy atom. The minimum absolute atomic E-state index is 0.0902. The highest BCUT2D eigenvalue weighted by atomic mass is 19.1. The molecule has 0 saturated carbocycles. The molecule has 2 rings (SSSR count). The second kappa shape index (κ2) is 6.64. The molecule has 0 fully saturated rings. The van der Waals surface area contributed by atoms with Gasteiger partial charge in [-0.05, 0) is 30.7 Å². The summed E-state index contributed by atoms with van der Waals surface area (Å²) in [5.74, 6) is 3.99. The summed E-state index contributed by atoms with van der Waals surface area (Å²) >= 11 is 0. The van der Waals surface area contributed by atoms with E-state index in [1.807, 2.05) is 13.0 Å². The summed E-state index contributed by atoms with van der Waals surface area (Å²) < 4.78 is 13.5. The van der Waals surface area contributed by atoms with Crippen molar-refractivity contribution in [3.8, 4) is 11.8 Å². The highest BCUT2D eigenvalue weighted by molar-refractivity contribution is 6.05. The number of hydrogen-bond acceptors (Lipinski definition) is 3. The Morgan fingerprint density at radius 3 is 2.95 bits per heavy atom. The summed E-state index contributed by atoms with van der Waals surface area (Å²) in [6.45, 7) is 1.59. The van der Waals surface area contributed by atoms with Crippen LogP contribution >= 0.6 is 0 Å². The van der Waals surface area contributed by atoms with Gasteiger partial charge in [-0.1, -0.05) is 17.9 Å². The molecule has 0 aliphatic rings. The summed E-state index contributed by atoms with van der Waals surface area (Å²) in [5.41, 5.74) is 1.86. The zero-order chi connectivity index (χ0) is 15.2. The number of nitrogens with one attached hydrogen (secondary N) is 1. The molecule has 0 bridgehead atoms. The van der Waals surface area contributed by atoms with Crippen molar-refractivity contribution in [3.05, 3.63) is 59.2 Å². The Balaban J connectivity index is 2.33. The number of pyridine rings is 1. The summed E-state index contributed by atoms with van der Waals surface area (Å²) in [6.07, 6.45) is 2.33. The molecule has 5 heteroatoms. The molecule has 21 heavy (non-hydrogen) atoms. The molecule has 0 unspecified atom stereocenters. The average molecular weight is 284 g/mol. The van der Waals surface area contributed by atoms with Crippen molar-refractivity contribution >= 4 is 11.6 Å². The maximum Gasteiger partial charge on any atom is 0.258 e. The molecule has 0 aliphatic heterocycles. The van der Waals surface area contributed by atoms with E-state index in [2.05, 4.69) is 22.1 Å². The summed E-state index contributed by atoms with van der Waals surface area (Å²) in [5, 5.41) is 11.4. The van der Waals surface area contributed by atoms with E-state index < -0.39 is 11.7 Å². The maximum absolute atomic E-state index is 13.5. The lowest BCUT2D eigenvalue weighted by Crippen LogP contribution is -2.15. The van der Waals surface area contributed by atoms with Crippen molar-refractivity contribution in [2.45, 2.75) is 6.92 Å². The number of aryl methyl sites for hydroxylation is 1. The van der Waals surface area contributed by atoms with Gasteiger partial charge in [-0.3, -0.25) is 9.78 Å². The van der Waals surface area contributed by atoms with Gasteiger partial charge < -0.3 is 10.4 Å². The number of anilines is 1. The van der Waals surface area contributed by atoms with Crippen molar-refractivity contribution in [1.29, 1.82) is 0 Å². The molecule has 1 aromatic carbocycles. The third-order valence-electron chi connectivity index (χ3n) is 2.74. The van der Waals surface area contributed by atoms with Gasteiger partial charge in [0, 0.05) is 11.8 Å². The highest BCUT2D eigenvalue weighted by Gasteiger charge is 2.13. The maximum atomic E-state index is 13.5. The number of benzene rings is 1. The van der Waals surface area contributed by atoms with Crippen LogP contribution in [0.25, 0.3) is 0 Å². The Bertz CT molecular complexity index is 733. The molecular weight excluding hydrogens is 271 g/mol. The minimum Gasteiger partial charge on any atom is -0.384 e. The molecule has 0 radical (unpaired) electrons. The van der Waals surface area contributed by atoms with Gasteiger partial charge >= 0.3 is 0 Å². The van der Waals surface area contributed by atoms with Crippen LogP contribution in [-0.2, 0) is 0 Å². The number of carbonyl (C=O) groups is 1. The Kier molecular flexibility index (Phi) is 4.64. The Morgan fingerprint density at radius 1 is 1.43 bits per heavy atom. The lowest BCUT2D eigenvalue weighted by molar-refractivity contribution is 0.102. The van der Waals surface area contributed by atoms with E-state index in [1.165, 1.54) is 12.3 Å². The lowest BCUT2D eigenvalue weighted by atomic mass is 10.1. The number of nitrogens with zero attached hydrogens (tertiary/aromatic N) is 1. The van der Waals surface area contributed by atoms with Gasteiger partial charge in [-0.15, -0.1) is 0 Å². The first-order chi connectivity index (χ1) is 10.1. The van der Waals surface area contributed by atoms with Gasteiger partial charge in [0.25, 0.3) is 5.91 Å². The summed E-state index contributed by atoms with van der Waals surface area (Å²) in [6, 6.07) is 6.61.